The van der Waals surface area contributed by atoms with Crippen LogP contribution < -0.4 is 5.32 Å². The van der Waals surface area contributed by atoms with Gasteiger partial charge < -0.3 is 5.32 Å². The van der Waals surface area contributed by atoms with E-state index in [4.69, 9.17) is 0 Å². The second-order valence-corrected chi connectivity index (χ2v) is 5.10. The third kappa shape index (κ3) is 4.62. The van der Waals surface area contributed by atoms with Crippen LogP contribution in [0.15, 0.2) is 79.0 Å². The van der Waals surface area contributed by atoms with Gasteiger partial charge in [0.1, 0.15) is 5.70 Å². The number of rotatable bonds is 6. The van der Waals surface area contributed by atoms with E-state index in [9.17, 15) is 4.79 Å². The van der Waals surface area contributed by atoms with Crippen molar-refractivity contribution in [2.24, 2.45) is 0 Å². The average molecular weight is 289 g/mol. The summed E-state index contributed by atoms with van der Waals surface area (Å²) in [5.41, 5.74) is 5.04. The smallest absolute Gasteiger partial charge is 0.150 e. The quantitative estimate of drug-likeness (QED) is 0.628. The van der Waals surface area contributed by atoms with Crippen molar-refractivity contribution in [3.8, 4) is 0 Å². The van der Waals surface area contributed by atoms with E-state index in [0.29, 0.717) is 5.70 Å². The number of nitrogens with one attached hydrogen (secondary N) is 1. The van der Waals surface area contributed by atoms with Crippen LogP contribution in [0.2, 0.25) is 0 Å². The Morgan fingerprint density at radius 2 is 1.95 bits per heavy atom. The number of hydrogen-bond donors (Lipinski definition) is 1. The molecule has 2 aromatic carbocycles. The summed E-state index contributed by atoms with van der Waals surface area (Å²) in [6, 6.07) is 16.5. The zero-order valence-electron chi connectivity index (χ0n) is 12.7. The molecule has 0 radical (unpaired) electrons. The van der Waals surface area contributed by atoms with E-state index in [1.807, 2.05) is 18.1 Å². The van der Waals surface area contributed by atoms with E-state index in [-0.39, 0.29) is 0 Å². The van der Waals surface area contributed by atoms with Crippen molar-refractivity contribution in [1.82, 2.24) is 0 Å². The number of benzene rings is 2. The molecule has 0 aliphatic carbocycles. The van der Waals surface area contributed by atoms with E-state index < -0.39 is 0 Å². The van der Waals surface area contributed by atoms with E-state index in [2.05, 4.69) is 55.2 Å². The van der Waals surface area contributed by atoms with E-state index in [0.717, 1.165) is 12.1 Å². The molecule has 0 aromatic heterocycles. The van der Waals surface area contributed by atoms with Gasteiger partial charge in [0.2, 0.25) is 0 Å². The predicted octanol–water partition coefficient (Wildman–Crippen LogP) is 4.46. The molecule has 0 aliphatic rings. The monoisotopic (exact) mass is 289 g/mol. The molecule has 0 saturated carbocycles. The molecule has 22 heavy (non-hydrogen) atoms. The maximum Gasteiger partial charge on any atom is 0.150 e. The minimum atomic E-state index is 0.381. The average Bonchev–Trinajstić information content (AvgIpc) is 2.53. The van der Waals surface area contributed by atoms with Crippen molar-refractivity contribution in [2.75, 3.05) is 5.32 Å². The minimum absolute atomic E-state index is 0.381. The predicted molar refractivity (Wildman–Crippen MR) is 92.6 cm³/mol. The van der Waals surface area contributed by atoms with E-state index in [1.165, 1.54) is 16.7 Å². The van der Waals surface area contributed by atoms with Gasteiger partial charge in [-0.15, -0.1) is 0 Å². The molecule has 2 aromatic rings. The van der Waals surface area contributed by atoms with E-state index in [1.54, 1.807) is 18.2 Å². The topological polar surface area (TPSA) is 29.1 Å². The van der Waals surface area contributed by atoms with Crippen LogP contribution in [0, 0.1) is 6.92 Å². The lowest BCUT2D eigenvalue weighted by atomic mass is 10.0. The fraction of sp³-hybridized carbons (Fsp3) is 0.100. The maximum atomic E-state index is 10.8. The van der Waals surface area contributed by atoms with Gasteiger partial charge in [0.25, 0.3) is 0 Å². The Morgan fingerprint density at radius 3 is 2.59 bits per heavy atom. The van der Waals surface area contributed by atoms with Crippen molar-refractivity contribution in [2.45, 2.75) is 13.3 Å². The van der Waals surface area contributed by atoms with E-state index >= 15 is 0 Å². The highest BCUT2D eigenvalue weighted by molar-refractivity contribution is 5.66. The molecule has 0 aliphatic heterocycles. The summed E-state index contributed by atoms with van der Waals surface area (Å²) >= 11 is 0. The summed E-state index contributed by atoms with van der Waals surface area (Å²) in [4.78, 5) is 10.8. The van der Waals surface area contributed by atoms with Crippen LogP contribution in [0.25, 0.3) is 0 Å². The Morgan fingerprint density at radius 1 is 1.18 bits per heavy atom. The molecule has 0 spiro atoms. The Bertz CT molecular complexity index is 720. The molecule has 0 amide bonds. The first-order chi connectivity index (χ1) is 10.7. The lowest BCUT2D eigenvalue weighted by Crippen LogP contribution is -1.97. The summed E-state index contributed by atoms with van der Waals surface area (Å²) in [5, 5.41) is 3.02. The number of anilines is 1. The summed E-state index contributed by atoms with van der Waals surface area (Å²) in [5.74, 6) is 1.87. The normalized spacial score (nSPS) is 10.2. The van der Waals surface area contributed by atoms with Crippen molar-refractivity contribution >= 4 is 11.6 Å². The molecule has 2 heteroatoms. The van der Waals surface area contributed by atoms with Crippen LogP contribution >= 0.6 is 0 Å². The highest BCUT2D eigenvalue weighted by atomic mass is 16.1. The zero-order valence-corrected chi connectivity index (χ0v) is 12.7. The third-order valence-corrected chi connectivity index (χ3v) is 3.23. The molecule has 0 heterocycles. The fourth-order valence-electron chi connectivity index (χ4n) is 2.18. The molecular formula is C20H19NO. The summed E-state index contributed by atoms with van der Waals surface area (Å²) in [6.45, 7) is 5.67. The van der Waals surface area contributed by atoms with Gasteiger partial charge in [0, 0.05) is 5.69 Å². The number of hydrogen-bond acceptors (Lipinski definition) is 2. The van der Waals surface area contributed by atoms with Crippen LogP contribution in [0.4, 0.5) is 5.69 Å². The Hall–Kier alpha value is -2.83. The molecule has 2 nitrogen and oxygen atoms in total. The van der Waals surface area contributed by atoms with Gasteiger partial charge in [-0.3, -0.25) is 0 Å². The Balaban J connectivity index is 2.05. The molecular weight excluding hydrogens is 270 g/mol. The number of aryl methyl sites for hydroxylation is 1. The largest absolute Gasteiger partial charge is 0.346 e. The van der Waals surface area contributed by atoms with Gasteiger partial charge in [-0.2, -0.15) is 0 Å². The van der Waals surface area contributed by atoms with Crippen molar-refractivity contribution in [1.29, 1.82) is 0 Å². The van der Waals surface area contributed by atoms with Crippen molar-refractivity contribution in [3.05, 3.63) is 95.7 Å². The lowest BCUT2D eigenvalue weighted by molar-refractivity contribution is 0.568. The molecule has 0 saturated heterocycles. The highest BCUT2D eigenvalue weighted by Gasteiger charge is 1.99. The Labute approximate surface area is 131 Å². The molecule has 0 bridgehead atoms. The number of allylic oxidation sites excluding steroid dienone is 3. The molecule has 110 valence electrons. The number of carbonyl (C=O) groups excluding carboxylic acids is 1. The maximum absolute atomic E-state index is 10.8. The first-order valence-electron chi connectivity index (χ1n) is 7.17. The third-order valence-electron chi connectivity index (χ3n) is 3.23. The minimum Gasteiger partial charge on any atom is -0.346 e. The van der Waals surface area contributed by atoms with Crippen molar-refractivity contribution < 1.29 is 4.79 Å². The van der Waals surface area contributed by atoms with Crippen LogP contribution in [-0.4, -0.2) is 5.94 Å². The Kier molecular flexibility index (Phi) is 5.53. The van der Waals surface area contributed by atoms with Crippen molar-refractivity contribution in [3.63, 3.8) is 0 Å². The lowest BCUT2D eigenvalue weighted by Gasteiger charge is -2.07. The van der Waals surface area contributed by atoms with Crippen LogP contribution in [0.1, 0.15) is 16.7 Å². The van der Waals surface area contributed by atoms with Gasteiger partial charge in [0.05, 0.1) is 0 Å². The first-order valence-corrected chi connectivity index (χ1v) is 7.17. The zero-order chi connectivity index (χ0) is 15.8. The van der Waals surface area contributed by atoms with Gasteiger partial charge in [-0.05, 0) is 42.7 Å². The SMILES string of the molecule is C=C/C=C\C(=C=O)Nc1ccc(Cc2cccc(C)c2)cc1. The molecule has 1 N–H and O–H groups in total. The fourth-order valence-corrected chi connectivity index (χ4v) is 2.18. The molecule has 0 fully saturated rings. The summed E-state index contributed by atoms with van der Waals surface area (Å²) < 4.78 is 0. The molecule has 2 rings (SSSR count). The standard InChI is InChI=1S/C20H19NO/c1-3-4-8-20(15-22)21-19-11-9-17(10-12-19)14-18-7-5-6-16(2)13-18/h3-13,21H,1,14H2,2H3/b8-4-. The second kappa shape index (κ2) is 7.82. The van der Waals surface area contributed by atoms with Crippen LogP contribution in [0.5, 0.6) is 0 Å². The molecule has 0 atom stereocenters. The summed E-state index contributed by atoms with van der Waals surface area (Å²) in [7, 11) is 0. The first kappa shape index (κ1) is 15.6. The van der Waals surface area contributed by atoms with Gasteiger partial charge in [0.15, 0.2) is 5.94 Å². The molecule has 0 unspecified atom stereocenters. The van der Waals surface area contributed by atoms with Gasteiger partial charge >= 0.3 is 0 Å². The highest BCUT2D eigenvalue weighted by Crippen LogP contribution is 2.15. The summed E-state index contributed by atoms with van der Waals surface area (Å²) in [6.07, 6.45) is 5.85. The van der Waals surface area contributed by atoms with Crippen LogP contribution in [-0.2, 0) is 11.2 Å². The van der Waals surface area contributed by atoms with Gasteiger partial charge in [-0.25, -0.2) is 4.79 Å². The van der Waals surface area contributed by atoms with Crippen LogP contribution in [0.3, 0.4) is 0 Å². The second-order valence-electron chi connectivity index (χ2n) is 5.10. The van der Waals surface area contributed by atoms with Gasteiger partial charge in [-0.1, -0.05) is 60.7 Å².